The third kappa shape index (κ3) is 3.63. The van der Waals surface area contributed by atoms with E-state index in [1.165, 1.54) is 32.1 Å². The minimum absolute atomic E-state index is 0.0664. The molecule has 6 heteroatoms. The topological polar surface area (TPSA) is 95.5 Å². The van der Waals surface area contributed by atoms with E-state index in [0.29, 0.717) is 12.5 Å². The van der Waals surface area contributed by atoms with E-state index >= 15 is 0 Å². The Kier molecular flexibility index (Phi) is 5.42. The van der Waals surface area contributed by atoms with E-state index in [1.807, 2.05) is 24.3 Å². The van der Waals surface area contributed by atoms with E-state index in [9.17, 15) is 19.5 Å². The number of benzene rings is 2. The van der Waals surface area contributed by atoms with Crippen LogP contribution in [0, 0.1) is 41.4 Å². The Morgan fingerprint density at radius 1 is 0.676 bits per heavy atom. The van der Waals surface area contributed by atoms with E-state index in [0.717, 1.165) is 45.9 Å². The van der Waals surface area contributed by atoms with Gasteiger partial charge in [-0.3, -0.25) is 14.4 Å². The van der Waals surface area contributed by atoms with Gasteiger partial charge >= 0.3 is 5.97 Å². The van der Waals surface area contributed by atoms with Crippen LogP contribution in [-0.4, -0.2) is 36.0 Å². The Morgan fingerprint density at radius 2 is 1.11 bits per heavy atom. The molecule has 2 aromatic carbocycles. The lowest BCUT2D eigenvalue weighted by Gasteiger charge is -2.54. The first-order valence-corrected chi connectivity index (χ1v) is 13.9. The highest BCUT2D eigenvalue weighted by Gasteiger charge is 2.55. The van der Waals surface area contributed by atoms with Gasteiger partial charge in [-0.1, -0.05) is 48.5 Å². The Hall–Kier alpha value is -3.15. The van der Waals surface area contributed by atoms with Crippen LogP contribution in [0.3, 0.4) is 0 Å². The Balaban J connectivity index is 1.22. The van der Waals surface area contributed by atoms with E-state index in [1.54, 1.807) is 0 Å². The molecule has 6 nitrogen and oxygen atoms in total. The summed E-state index contributed by atoms with van der Waals surface area (Å²) in [5.74, 6) is 0.533. The minimum atomic E-state index is -1.09. The molecule has 6 bridgehead atoms. The van der Waals surface area contributed by atoms with Crippen LogP contribution in [0.1, 0.15) is 66.2 Å². The molecule has 7 aliphatic rings. The second kappa shape index (κ2) is 8.71. The van der Waals surface area contributed by atoms with E-state index in [4.69, 9.17) is 0 Å². The average Bonchev–Trinajstić information content (AvgIpc) is 2.90. The molecule has 7 aliphatic carbocycles. The van der Waals surface area contributed by atoms with Gasteiger partial charge in [-0.05, 0) is 83.9 Å². The third-order valence-corrected chi connectivity index (χ3v) is 10.4. The zero-order valence-electron chi connectivity index (χ0n) is 20.9. The molecule has 9 rings (SSSR count). The number of hydrogen-bond acceptors (Lipinski definition) is 3. The van der Waals surface area contributed by atoms with Crippen LogP contribution in [-0.2, 0) is 14.4 Å². The van der Waals surface area contributed by atoms with Crippen LogP contribution in [0.5, 0.6) is 0 Å². The fraction of sp³-hybridized carbons (Fsp3) is 0.516. The van der Waals surface area contributed by atoms with Crippen molar-refractivity contribution in [2.24, 2.45) is 41.4 Å². The molecule has 4 saturated carbocycles. The third-order valence-electron chi connectivity index (χ3n) is 10.4. The highest BCUT2D eigenvalue weighted by Crippen LogP contribution is 2.59. The average molecular weight is 499 g/mol. The highest BCUT2D eigenvalue weighted by atomic mass is 16.4. The summed E-state index contributed by atoms with van der Waals surface area (Å²) < 4.78 is 0. The summed E-state index contributed by atoms with van der Waals surface area (Å²) >= 11 is 0. The van der Waals surface area contributed by atoms with Crippen molar-refractivity contribution in [2.75, 3.05) is 13.1 Å². The smallest absolute Gasteiger partial charge is 0.322 e. The lowest BCUT2D eigenvalue weighted by atomic mass is 9.51. The van der Waals surface area contributed by atoms with Crippen molar-refractivity contribution in [1.29, 1.82) is 0 Å². The molecule has 0 radical (unpaired) electrons. The molecule has 2 aromatic rings. The summed E-state index contributed by atoms with van der Waals surface area (Å²) in [6, 6.07) is 16.3. The van der Waals surface area contributed by atoms with Gasteiger partial charge in [0.25, 0.3) is 0 Å². The zero-order chi connectivity index (χ0) is 25.3. The Labute approximate surface area is 217 Å². The van der Waals surface area contributed by atoms with Crippen LogP contribution in [0.15, 0.2) is 48.5 Å². The molecule has 3 N–H and O–H groups in total. The standard InChI is InChI=1S/C31H34N2O4/c34-25(35)15-33-31(37)29-27-22-7-3-1-5-20(22)26(21-6-2-4-8-23(21)27)28(29)30(36)32-14-24-18-10-16-9-17(12-18)13-19(24)11-16/h1-8,16-19,24,26-29H,9-15H2,(H,32,36)(H,33,37)(H,34,35). The van der Waals surface area contributed by atoms with Crippen molar-refractivity contribution < 1.29 is 19.5 Å². The maximum atomic E-state index is 14.1. The maximum Gasteiger partial charge on any atom is 0.322 e. The summed E-state index contributed by atoms with van der Waals surface area (Å²) in [4.78, 5) is 38.9. The molecule has 0 spiro atoms. The summed E-state index contributed by atoms with van der Waals surface area (Å²) in [6.07, 6.45) is 6.64. The number of carboxylic acid groups (broad SMARTS) is 1. The van der Waals surface area contributed by atoms with Gasteiger partial charge in [0.1, 0.15) is 6.54 Å². The zero-order valence-corrected chi connectivity index (χ0v) is 20.9. The van der Waals surface area contributed by atoms with Gasteiger partial charge in [-0.15, -0.1) is 0 Å². The Morgan fingerprint density at radius 3 is 1.54 bits per heavy atom. The second-order valence-corrected chi connectivity index (χ2v) is 12.2. The molecule has 2 atom stereocenters. The SMILES string of the molecule is O=C(O)CNC(=O)C1C2c3ccccc3C(c3ccccc32)C1C(=O)NCC1C2CC3CC(C2)CC1C3. The van der Waals surface area contributed by atoms with Crippen molar-refractivity contribution in [3.05, 3.63) is 70.8 Å². The van der Waals surface area contributed by atoms with Crippen molar-refractivity contribution in [1.82, 2.24) is 10.6 Å². The molecule has 0 aromatic heterocycles. The van der Waals surface area contributed by atoms with Crippen LogP contribution in [0.2, 0.25) is 0 Å². The number of hydrogen-bond donors (Lipinski definition) is 3. The molecule has 2 amide bonds. The van der Waals surface area contributed by atoms with Crippen LogP contribution in [0.4, 0.5) is 0 Å². The number of amides is 2. The van der Waals surface area contributed by atoms with Gasteiger partial charge in [0.05, 0.1) is 11.8 Å². The lowest BCUT2D eigenvalue weighted by molar-refractivity contribution is -0.141. The summed E-state index contributed by atoms with van der Waals surface area (Å²) in [5, 5.41) is 15.2. The monoisotopic (exact) mass is 498 g/mol. The van der Waals surface area contributed by atoms with Gasteiger partial charge in [0.15, 0.2) is 0 Å². The van der Waals surface area contributed by atoms with Crippen molar-refractivity contribution in [3.8, 4) is 0 Å². The summed E-state index contributed by atoms with van der Waals surface area (Å²) in [5.41, 5.74) is 4.38. The molecule has 192 valence electrons. The Bertz CT molecular complexity index is 1200. The number of carbonyl (C=O) groups excluding carboxylic acids is 2. The van der Waals surface area contributed by atoms with Crippen LogP contribution >= 0.6 is 0 Å². The molecule has 0 aliphatic heterocycles. The van der Waals surface area contributed by atoms with Gasteiger partial charge in [-0.25, -0.2) is 0 Å². The molecule has 37 heavy (non-hydrogen) atoms. The first-order valence-electron chi connectivity index (χ1n) is 13.9. The quantitative estimate of drug-likeness (QED) is 0.563. The summed E-state index contributed by atoms with van der Waals surface area (Å²) in [7, 11) is 0. The fourth-order valence-corrected chi connectivity index (χ4v) is 9.30. The second-order valence-electron chi connectivity index (χ2n) is 12.2. The van der Waals surface area contributed by atoms with Gasteiger partial charge in [-0.2, -0.15) is 0 Å². The molecule has 0 heterocycles. The molecule has 4 fully saturated rings. The molecule has 2 unspecified atom stereocenters. The van der Waals surface area contributed by atoms with E-state index < -0.39 is 24.3 Å². The largest absolute Gasteiger partial charge is 0.480 e. The number of carboxylic acids is 1. The molecule has 0 saturated heterocycles. The van der Waals surface area contributed by atoms with Crippen molar-refractivity contribution in [3.63, 3.8) is 0 Å². The van der Waals surface area contributed by atoms with E-state index in [2.05, 4.69) is 34.9 Å². The number of aliphatic carboxylic acids is 1. The van der Waals surface area contributed by atoms with Crippen LogP contribution < -0.4 is 10.6 Å². The van der Waals surface area contributed by atoms with Crippen LogP contribution in [0.25, 0.3) is 0 Å². The predicted molar refractivity (Wildman–Crippen MR) is 138 cm³/mol. The first kappa shape index (κ1) is 23.0. The van der Waals surface area contributed by atoms with E-state index in [-0.39, 0.29) is 23.7 Å². The number of fused-ring (bicyclic) bond motifs is 1. The number of carbonyl (C=O) groups is 3. The van der Waals surface area contributed by atoms with Crippen molar-refractivity contribution in [2.45, 2.75) is 43.9 Å². The van der Waals surface area contributed by atoms with Gasteiger partial charge in [0.2, 0.25) is 11.8 Å². The fourth-order valence-electron chi connectivity index (χ4n) is 9.30. The normalized spacial score (nSPS) is 35.9. The minimum Gasteiger partial charge on any atom is -0.480 e. The maximum absolute atomic E-state index is 14.1. The van der Waals surface area contributed by atoms with Gasteiger partial charge in [0, 0.05) is 18.4 Å². The van der Waals surface area contributed by atoms with Crippen molar-refractivity contribution >= 4 is 17.8 Å². The molecular formula is C31H34N2O4. The number of rotatable bonds is 6. The first-order chi connectivity index (χ1) is 18.0. The molecular weight excluding hydrogens is 464 g/mol. The predicted octanol–water partition coefficient (Wildman–Crippen LogP) is 3.90. The summed E-state index contributed by atoms with van der Waals surface area (Å²) in [6.45, 7) is 0.242. The number of nitrogens with one attached hydrogen (secondary N) is 2. The highest BCUT2D eigenvalue weighted by molar-refractivity contribution is 5.93. The lowest BCUT2D eigenvalue weighted by Crippen LogP contribution is -2.55. The van der Waals surface area contributed by atoms with Gasteiger partial charge < -0.3 is 15.7 Å².